The number of hydrogen-bond acceptors (Lipinski definition) is 3. The van der Waals surface area contributed by atoms with Gasteiger partial charge in [0.25, 0.3) is 0 Å². The highest BCUT2D eigenvalue weighted by molar-refractivity contribution is 5.78. The van der Waals surface area contributed by atoms with Crippen LogP contribution < -0.4 is 0 Å². The minimum absolute atomic E-state index is 0.557. The maximum absolute atomic E-state index is 4.60. The lowest BCUT2D eigenvalue weighted by molar-refractivity contribution is 0.109. The molecule has 3 nitrogen and oxygen atoms in total. The van der Waals surface area contributed by atoms with Crippen molar-refractivity contribution < 1.29 is 0 Å². The van der Waals surface area contributed by atoms with Gasteiger partial charge in [0.15, 0.2) is 0 Å². The third kappa shape index (κ3) is 2.60. The zero-order chi connectivity index (χ0) is 11.4. The Morgan fingerprint density at radius 2 is 1.88 bits per heavy atom. The van der Waals surface area contributed by atoms with Crippen molar-refractivity contribution in [2.45, 2.75) is 45.2 Å². The average molecular weight is 217 g/mol. The lowest BCUT2D eigenvalue weighted by Gasteiger charge is -2.36. The molecule has 0 amide bonds. The van der Waals surface area contributed by atoms with Gasteiger partial charge in [0.1, 0.15) is 0 Å². The summed E-state index contributed by atoms with van der Waals surface area (Å²) in [5, 5.41) is 6.82. The van der Waals surface area contributed by atoms with Gasteiger partial charge in [-0.1, -0.05) is 0 Å². The SMILES string of the molecule is CC1CCCC(C)N1N=Cc1ccncc1. The highest BCUT2D eigenvalue weighted by atomic mass is 15.5. The monoisotopic (exact) mass is 217 g/mol. The van der Waals surface area contributed by atoms with E-state index >= 15 is 0 Å². The van der Waals surface area contributed by atoms with E-state index in [9.17, 15) is 0 Å². The lowest BCUT2D eigenvalue weighted by Crippen LogP contribution is -2.39. The van der Waals surface area contributed by atoms with Crippen LogP contribution in [0.1, 0.15) is 38.7 Å². The topological polar surface area (TPSA) is 28.5 Å². The largest absolute Gasteiger partial charge is 0.292 e. The first-order chi connectivity index (χ1) is 7.77. The van der Waals surface area contributed by atoms with Gasteiger partial charge in [-0.05, 0) is 50.8 Å². The molecule has 1 saturated heterocycles. The maximum atomic E-state index is 4.60. The van der Waals surface area contributed by atoms with Crippen LogP contribution in [0.3, 0.4) is 0 Å². The van der Waals surface area contributed by atoms with E-state index in [0.717, 1.165) is 5.56 Å². The van der Waals surface area contributed by atoms with Crippen molar-refractivity contribution in [3.8, 4) is 0 Å². The molecule has 2 atom stereocenters. The number of rotatable bonds is 2. The highest BCUT2D eigenvalue weighted by Crippen LogP contribution is 2.22. The fourth-order valence-corrected chi connectivity index (χ4v) is 2.22. The molecule has 1 aromatic rings. The minimum atomic E-state index is 0.557. The van der Waals surface area contributed by atoms with E-state index in [-0.39, 0.29) is 0 Å². The molecule has 0 saturated carbocycles. The third-order valence-corrected chi connectivity index (χ3v) is 3.19. The molecule has 16 heavy (non-hydrogen) atoms. The van der Waals surface area contributed by atoms with Crippen molar-refractivity contribution in [2.24, 2.45) is 5.10 Å². The Morgan fingerprint density at radius 3 is 2.50 bits per heavy atom. The van der Waals surface area contributed by atoms with E-state index < -0.39 is 0 Å². The highest BCUT2D eigenvalue weighted by Gasteiger charge is 2.22. The number of piperidine rings is 1. The normalized spacial score (nSPS) is 26.2. The smallest absolute Gasteiger partial charge is 0.0544 e. The fourth-order valence-electron chi connectivity index (χ4n) is 2.22. The Morgan fingerprint density at radius 1 is 1.25 bits per heavy atom. The van der Waals surface area contributed by atoms with Crippen molar-refractivity contribution in [1.82, 2.24) is 9.99 Å². The van der Waals surface area contributed by atoms with E-state index in [1.165, 1.54) is 19.3 Å². The average Bonchev–Trinajstić information content (AvgIpc) is 2.30. The van der Waals surface area contributed by atoms with Crippen LogP contribution in [0.15, 0.2) is 29.6 Å². The van der Waals surface area contributed by atoms with Crippen molar-refractivity contribution in [1.29, 1.82) is 0 Å². The van der Waals surface area contributed by atoms with Crippen LogP contribution in [0.25, 0.3) is 0 Å². The van der Waals surface area contributed by atoms with Crippen LogP contribution in [-0.4, -0.2) is 28.3 Å². The quantitative estimate of drug-likeness (QED) is 0.712. The van der Waals surface area contributed by atoms with Crippen LogP contribution in [-0.2, 0) is 0 Å². The van der Waals surface area contributed by atoms with Gasteiger partial charge < -0.3 is 0 Å². The van der Waals surface area contributed by atoms with Crippen LogP contribution in [0, 0.1) is 0 Å². The van der Waals surface area contributed by atoms with E-state index in [0.29, 0.717) is 12.1 Å². The third-order valence-electron chi connectivity index (χ3n) is 3.19. The molecule has 0 radical (unpaired) electrons. The van der Waals surface area contributed by atoms with Crippen LogP contribution >= 0.6 is 0 Å². The Hall–Kier alpha value is -1.38. The maximum Gasteiger partial charge on any atom is 0.0544 e. The molecule has 1 aliphatic heterocycles. The second-order valence-corrected chi connectivity index (χ2v) is 4.53. The zero-order valence-electron chi connectivity index (χ0n) is 10.0. The second-order valence-electron chi connectivity index (χ2n) is 4.53. The van der Waals surface area contributed by atoms with Crippen molar-refractivity contribution >= 4 is 6.21 Å². The number of pyridine rings is 1. The van der Waals surface area contributed by atoms with Gasteiger partial charge in [0.05, 0.1) is 6.21 Å². The molecular formula is C13H19N3. The summed E-state index contributed by atoms with van der Waals surface area (Å²) < 4.78 is 0. The summed E-state index contributed by atoms with van der Waals surface area (Å²) in [4.78, 5) is 3.99. The summed E-state index contributed by atoms with van der Waals surface area (Å²) in [6, 6.07) is 5.06. The Kier molecular flexibility index (Phi) is 3.54. The van der Waals surface area contributed by atoms with Crippen molar-refractivity contribution in [3.05, 3.63) is 30.1 Å². The molecule has 2 unspecified atom stereocenters. The molecule has 0 aromatic carbocycles. The van der Waals surface area contributed by atoms with E-state index in [1.54, 1.807) is 12.4 Å². The summed E-state index contributed by atoms with van der Waals surface area (Å²) in [7, 11) is 0. The van der Waals surface area contributed by atoms with Crippen LogP contribution in [0.2, 0.25) is 0 Å². The van der Waals surface area contributed by atoms with Gasteiger partial charge in [-0.25, -0.2) is 0 Å². The van der Waals surface area contributed by atoms with Crippen LogP contribution in [0.5, 0.6) is 0 Å². The Balaban J connectivity index is 2.05. The predicted molar refractivity (Wildman–Crippen MR) is 66.4 cm³/mol. The van der Waals surface area contributed by atoms with Gasteiger partial charge in [-0.3, -0.25) is 9.99 Å². The molecule has 0 aliphatic carbocycles. The van der Waals surface area contributed by atoms with Crippen molar-refractivity contribution in [3.63, 3.8) is 0 Å². The first-order valence-electron chi connectivity index (χ1n) is 5.99. The van der Waals surface area contributed by atoms with Crippen molar-refractivity contribution in [2.75, 3.05) is 0 Å². The zero-order valence-corrected chi connectivity index (χ0v) is 10.0. The minimum Gasteiger partial charge on any atom is -0.292 e. The first kappa shape index (κ1) is 11.1. The summed E-state index contributed by atoms with van der Waals surface area (Å²) >= 11 is 0. The molecule has 3 heteroatoms. The molecule has 0 bridgehead atoms. The predicted octanol–water partition coefficient (Wildman–Crippen LogP) is 2.68. The molecule has 0 spiro atoms. The molecule has 86 valence electrons. The first-order valence-corrected chi connectivity index (χ1v) is 5.99. The molecule has 1 aliphatic rings. The standard InChI is InChI=1S/C13H19N3/c1-11-4-3-5-12(2)16(11)15-10-13-6-8-14-9-7-13/h6-12H,3-5H2,1-2H3. The van der Waals surface area contributed by atoms with Gasteiger partial charge in [-0.2, -0.15) is 5.10 Å². The molecule has 2 heterocycles. The van der Waals surface area contributed by atoms with E-state index in [4.69, 9.17) is 0 Å². The number of hydrogen-bond donors (Lipinski definition) is 0. The van der Waals surface area contributed by atoms with Gasteiger partial charge in [0.2, 0.25) is 0 Å². The molecule has 1 aromatic heterocycles. The molecule has 2 rings (SSSR count). The van der Waals surface area contributed by atoms with Gasteiger partial charge in [0, 0.05) is 24.5 Å². The Labute approximate surface area is 97.2 Å². The number of hydrazone groups is 1. The van der Waals surface area contributed by atoms with Crippen LogP contribution in [0.4, 0.5) is 0 Å². The summed E-state index contributed by atoms with van der Waals surface area (Å²) in [6.45, 7) is 4.50. The summed E-state index contributed by atoms with van der Waals surface area (Å²) in [5.74, 6) is 0. The van der Waals surface area contributed by atoms with E-state index in [1.807, 2.05) is 18.3 Å². The summed E-state index contributed by atoms with van der Waals surface area (Å²) in [5.41, 5.74) is 1.11. The Bertz CT molecular complexity index is 337. The number of nitrogens with zero attached hydrogens (tertiary/aromatic N) is 3. The molecular weight excluding hydrogens is 198 g/mol. The second kappa shape index (κ2) is 5.10. The van der Waals surface area contributed by atoms with Gasteiger partial charge in [-0.15, -0.1) is 0 Å². The fraction of sp³-hybridized carbons (Fsp3) is 0.538. The molecule has 0 N–H and O–H groups in total. The summed E-state index contributed by atoms with van der Waals surface area (Å²) in [6.07, 6.45) is 9.34. The number of aromatic nitrogens is 1. The lowest BCUT2D eigenvalue weighted by atomic mass is 10.00. The van der Waals surface area contributed by atoms with Gasteiger partial charge >= 0.3 is 0 Å². The molecule has 1 fully saturated rings. The van der Waals surface area contributed by atoms with E-state index in [2.05, 4.69) is 28.9 Å².